The largest absolute Gasteiger partial charge is 0.867 e. The Morgan fingerprint density at radius 3 is 2.54 bits per heavy atom. The topological polar surface area (TPSA) is 133 Å². The molecule has 9 nitrogen and oxygen atoms in total. The summed E-state index contributed by atoms with van der Waals surface area (Å²) in [5, 5.41) is 24.9. The van der Waals surface area contributed by atoms with Crippen molar-refractivity contribution in [3.05, 3.63) is 67.7 Å². The van der Waals surface area contributed by atoms with Crippen LogP contribution in [0.4, 0.5) is 16.2 Å². The maximum absolute atomic E-state index is 12.8. The van der Waals surface area contributed by atoms with E-state index in [0.29, 0.717) is 0 Å². The molecule has 2 aromatic carbocycles. The zero-order valence-electron chi connectivity index (χ0n) is 14.3. The number of carbonyl (C=O) groups excluding carboxylic acids is 3. The smallest absolute Gasteiger partial charge is 0.335 e. The maximum atomic E-state index is 12.8. The number of imide groups is 2. The summed E-state index contributed by atoms with van der Waals surface area (Å²) in [5.74, 6) is -2.66. The molecule has 0 aromatic heterocycles. The van der Waals surface area contributed by atoms with Crippen molar-refractivity contribution in [2.45, 2.75) is 6.92 Å². The lowest BCUT2D eigenvalue weighted by molar-refractivity contribution is -0.398. The molecule has 0 bridgehead atoms. The van der Waals surface area contributed by atoms with Gasteiger partial charge in [0.25, 0.3) is 17.5 Å². The van der Waals surface area contributed by atoms with Crippen LogP contribution in [0.5, 0.6) is 5.75 Å². The van der Waals surface area contributed by atoms with Crippen LogP contribution in [0.3, 0.4) is 0 Å². The van der Waals surface area contributed by atoms with Gasteiger partial charge in [-0.25, -0.2) is 9.69 Å². The normalized spacial score (nSPS) is 15.7. The van der Waals surface area contributed by atoms with Crippen LogP contribution >= 0.6 is 15.9 Å². The molecule has 1 N–H and O–H groups in total. The first-order valence-corrected chi connectivity index (χ1v) is 8.61. The quantitative estimate of drug-likeness (QED) is 0.334. The second kappa shape index (κ2) is 7.24. The number of nitrogens with one attached hydrogen (secondary N) is 1. The summed E-state index contributed by atoms with van der Waals surface area (Å²) in [4.78, 5) is 48.1. The van der Waals surface area contributed by atoms with E-state index in [1.165, 1.54) is 12.1 Å². The van der Waals surface area contributed by atoms with Gasteiger partial charge in [-0.05, 0) is 48.1 Å². The number of aryl methyl sites for hydroxylation is 1. The van der Waals surface area contributed by atoms with Crippen LogP contribution in [0, 0.1) is 17.0 Å². The number of rotatable bonds is 3. The van der Waals surface area contributed by atoms with Gasteiger partial charge in [-0.1, -0.05) is 28.1 Å². The Hall–Kier alpha value is -3.53. The van der Waals surface area contributed by atoms with Gasteiger partial charge in [-0.3, -0.25) is 25.0 Å². The van der Waals surface area contributed by atoms with Gasteiger partial charge in [0.2, 0.25) is 0 Å². The Balaban J connectivity index is 2.08. The number of amides is 4. The first-order valence-electron chi connectivity index (χ1n) is 7.82. The molecule has 10 heteroatoms. The maximum Gasteiger partial charge on any atom is 0.335 e. The lowest BCUT2D eigenvalue weighted by atomic mass is 10.1. The number of barbiturate groups is 1. The molecule has 0 aliphatic carbocycles. The minimum Gasteiger partial charge on any atom is -0.867 e. The molecule has 4 amide bonds. The van der Waals surface area contributed by atoms with Gasteiger partial charge in [-0.15, -0.1) is 0 Å². The van der Waals surface area contributed by atoms with E-state index in [1.54, 1.807) is 25.1 Å². The molecule has 2 aromatic rings. The number of benzene rings is 2. The van der Waals surface area contributed by atoms with E-state index in [1.807, 2.05) is 0 Å². The van der Waals surface area contributed by atoms with Crippen LogP contribution in [0.15, 0.2) is 46.4 Å². The lowest BCUT2D eigenvalue weighted by Gasteiger charge is -2.26. The van der Waals surface area contributed by atoms with Crippen LogP contribution in [-0.4, -0.2) is 22.8 Å². The standard InChI is InChI=1S/C18H12BrN3O6/c1-9-3-2-4-11(5-9)21-17(25)12(16(24)20-18(21)26)6-10-7-13(19)15(23)14(8-10)22(27)28/h2-8,23H,1H3,(H,20,24,26)/p-1/b12-6+. The van der Waals surface area contributed by atoms with E-state index in [9.17, 15) is 29.6 Å². The molecule has 0 unspecified atom stereocenters. The summed E-state index contributed by atoms with van der Waals surface area (Å²) in [6.07, 6.45) is 1.09. The van der Waals surface area contributed by atoms with E-state index in [2.05, 4.69) is 21.2 Å². The van der Waals surface area contributed by atoms with Crippen molar-refractivity contribution in [2.75, 3.05) is 4.90 Å². The fraction of sp³-hybridized carbons (Fsp3) is 0.0556. The number of anilines is 1. The molecule has 142 valence electrons. The average Bonchev–Trinajstić information content (AvgIpc) is 2.61. The van der Waals surface area contributed by atoms with Gasteiger partial charge in [0.15, 0.2) is 0 Å². The molecule has 0 saturated carbocycles. The van der Waals surface area contributed by atoms with Gasteiger partial charge in [0.1, 0.15) is 5.57 Å². The van der Waals surface area contributed by atoms with Crippen LogP contribution < -0.4 is 15.3 Å². The number of nitrogens with zero attached hydrogens (tertiary/aromatic N) is 2. The fourth-order valence-corrected chi connectivity index (χ4v) is 3.11. The number of urea groups is 1. The molecule has 1 saturated heterocycles. The van der Waals surface area contributed by atoms with E-state index in [4.69, 9.17) is 0 Å². The number of carbonyl (C=O) groups is 3. The monoisotopic (exact) mass is 444 g/mol. The molecule has 28 heavy (non-hydrogen) atoms. The van der Waals surface area contributed by atoms with Gasteiger partial charge in [0, 0.05) is 10.5 Å². The summed E-state index contributed by atoms with van der Waals surface area (Å²) in [6, 6.07) is 7.85. The molecule has 1 aliphatic heterocycles. The Morgan fingerprint density at radius 1 is 1.18 bits per heavy atom. The molecule has 3 rings (SSSR count). The van der Waals surface area contributed by atoms with Gasteiger partial charge < -0.3 is 5.11 Å². The predicted molar refractivity (Wildman–Crippen MR) is 100 cm³/mol. The summed E-state index contributed by atoms with van der Waals surface area (Å²) < 4.78 is -0.0937. The molecule has 1 aliphatic rings. The molecule has 0 radical (unpaired) electrons. The molecular formula is C18H11BrN3O6-. The van der Waals surface area contributed by atoms with Crippen molar-refractivity contribution in [1.29, 1.82) is 0 Å². The number of hydrogen-bond acceptors (Lipinski definition) is 6. The van der Waals surface area contributed by atoms with Crippen molar-refractivity contribution >= 4 is 51.2 Å². The highest BCUT2D eigenvalue weighted by molar-refractivity contribution is 9.10. The SMILES string of the molecule is Cc1cccc(N2C(=O)NC(=O)/C(=C\c3cc(Br)c([O-])c([N+](=O)[O-])c3)C2=O)c1. The Bertz CT molecular complexity index is 1080. The molecule has 1 heterocycles. The zero-order valence-corrected chi connectivity index (χ0v) is 15.8. The van der Waals surface area contributed by atoms with Crippen molar-refractivity contribution in [2.24, 2.45) is 0 Å². The van der Waals surface area contributed by atoms with E-state index in [0.717, 1.165) is 22.6 Å². The Kier molecular flexibility index (Phi) is 4.97. The Labute approximate surface area is 166 Å². The lowest BCUT2D eigenvalue weighted by Crippen LogP contribution is -2.54. The van der Waals surface area contributed by atoms with Gasteiger partial charge in [-0.2, -0.15) is 0 Å². The molecular weight excluding hydrogens is 434 g/mol. The van der Waals surface area contributed by atoms with Crippen LogP contribution in [0.25, 0.3) is 6.08 Å². The van der Waals surface area contributed by atoms with E-state index >= 15 is 0 Å². The first-order chi connectivity index (χ1) is 13.2. The average molecular weight is 445 g/mol. The number of nitro benzene ring substituents is 1. The van der Waals surface area contributed by atoms with Crippen molar-refractivity contribution in [3.63, 3.8) is 0 Å². The zero-order chi connectivity index (χ0) is 20.6. The third-order valence-electron chi connectivity index (χ3n) is 3.92. The van der Waals surface area contributed by atoms with Crippen molar-refractivity contribution in [1.82, 2.24) is 5.32 Å². The first kappa shape index (κ1) is 19.2. The van der Waals surface area contributed by atoms with Gasteiger partial charge >= 0.3 is 6.03 Å². The minimum absolute atomic E-state index is 0.0789. The molecule has 0 atom stereocenters. The number of nitro groups is 1. The second-order valence-corrected chi connectivity index (χ2v) is 6.76. The van der Waals surface area contributed by atoms with E-state index in [-0.39, 0.29) is 15.7 Å². The highest BCUT2D eigenvalue weighted by Gasteiger charge is 2.36. The number of halogens is 1. The third-order valence-corrected chi connectivity index (χ3v) is 4.50. The highest BCUT2D eigenvalue weighted by atomic mass is 79.9. The number of hydrogen-bond donors (Lipinski definition) is 1. The summed E-state index contributed by atoms with van der Waals surface area (Å²) in [7, 11) is 0. The highest BCUT2D eigenvalue weighted by Crippen LogP contribution is 2.34. The van der Waals surface area contributed by atoms with Crippen LogP contribution in [0.1, 0.15) is 11.1 Å². The summed E-state index contributed by atoms with van der Waals surface area (Å²) in [6.45, 7) is 1.78. The van der Waals surface area contributed by atoms with E-state index < -0.39 is 39.8 Å². The van der Waals surface area contributed by atoms with Crippen molar-refractivity contribution < 1.29 is 24.4 Å². The van der Waals surface area contributed by atoms with Crippen LogP contribution in [0.2, 0.25) is 0 Å². The molecule has 1 fully saturated rings. The van der Waals surface area contributed by atoms with Crippen molar-refractivity contribution in [3.8, 4) is 5.75 Å². The molecule has 0 spiro atoms. The predicted octanol–water partition coefficient (Wildman–Crippen LogP) is 2.41. The Morgan fingerprint density at radius 2 is 1.89 bits per heavy atom. The second-order valence-electron chi connectivity index (χ2n) is 5.90. The minimum atomic E-state index is -0.941. The third kappa shape index (κ3) is 3.49. The van der Waals surface area contributed by atoms with Crippen LogP contribution in [-0.2, 0) is 9.59 Å². The summed E-state index contributed by atoms with van der Waals surface area (Å²) in [5.41, 5.74) is 0.0294. The fourth-order valence-electron chi connectivity index (χ4n) is 2.64. The van der Waals surface area contributed by atoms with Gasteiger partial charge in [0.05, 0.1) is 10.6 Å². The summed E-state index contributed by atoms with van der Waals surface area (Å²) >= 11 is 2.93.